The first kappa shape index (κ1) is 15.5. The van der Waals surface area contributed by atoms with Crippen molar-refractivity contribution in [3.8, 4) is 0 Å². The summed E-state index contributed by atoms with van der Waals surface area (Å²) in [5.41, 5.74) is 0.508. The summed E-state index contributed by atoms with van der Waals surface area (Å²) < 4.78 is 0. The fraction of sp³-hybridized carbons (Fsp3) is 0.600. The molecule has 0 aromatic carbocycles. The van der Waals surface area contributed by atoms with E-state index in [2.05, 4.69) is 24.1 Å². The highest BCUT2D eigenvalue weighted by atomic mass is 16.2. The van der Waals surface area contributed by atoms with E-state index in [-0.39, 0.29) is 5.91 Å². The van der Waals surface area contributed by atoms with Crippen molar-refractivity contribution in [2.24, 2.45) is 5.92 Å². The van der Waals surface area contributed by atoms with Crippen molar-refractivity contribution in [3.05, 3.63) is 23.9 Å². The lowest BCUT2D eigenvalue weighted by Gasteiger charge is -2.22. The summed E-state index contributed by atoms with van der Waals surface area (Å²) in [7, 11) is 0. The number of carbonyl (C=O) groups is 1. The first-order valence-corrected chi connectivity index (χ1v) is 6.96. The average Bonchev–Trinajstić information content (AvgIpc) is 2.34. The van der Waals surface area contributed by atoms with E-state index < -0.39 is 0 Å². The van der Waals surface area contributed by atoms with Crippen LogP contribution >= 0.6 is 0 Å². The molecule has 0 spiro atoms. The number of carbonyl (C=O) groups excluding carboxylic acids is 1. The molecule has 4 heteroatoms. The zero-order chi connectivity index (χ0) is 14.4. The second-order valence-corrected chi connectivity index (χ2v) is 5.44. The van der Waals surface area contributed by atoms with Gasteiger partial charge in [0, 0.05) is 19.1 Å². The van der Waals surface area contributed by atoms with E-state index in [1.807, 2.05) is 37.8 Å². The third-order valence-corrected chi connectivity index (χ3v) is 2.66. The molecule has 0 saturated carbocycles. The number of hydrogen-bond acceptors (Lipinski definition) is 3. The number of aromatic nitrogens is 1. The van der Waals surface area contributed by atoms with Crippen molar-refractivity contribution in [2.45, 2.75) is 40.7 Å². The molecular formula is C15H25N3O. The highest BCUT2D eigenvalue weighted by Gasteiger charge is 2.16. The molecule has 106 valence electrons. The Balaban J connectivity index is 2.85. The normalized spacial score (nSPS) is 10.9. The minimum absolute atomic E-state index is 0.00334. The van der Waals surface area contributed by atoms with Gasteiger partial charge in [-0.3, -0.25) is 4.79 Å². The van der Waals surface area contributed by atoms with Gasteiger partial charge in [0.05, 0.1) is 0 Å². The van der Waals surface area contributed by atoms with E-state index in [1.165, 1.54) is 0 Å². The van der Waals surface area contributed by atoms with E-state index in [1.54, 1.807) is 6.07 Å². The molecule has 0 radical (unpaired) electrons. The predicted molar refractivity (Wildman–Crippen MR) is 79.4 cm³/mol. The summed E-state index contributed by atoms with van der Waals surface area (Å²) in [4.78, 5) is 18.6. The molecule has 0 fully saturated rings. The maximum absolute atomic E-state index is 12.4. The molecule has 0 atom stereocenters. The van der Waals surface area contributed by atoms with Crippen LogP contribution in [0.2, 0.25) is 0 Å². The van der Waals surface area contributed by atoms with Crippen LogP contribution in [-0.4, -0.2) is 34.9 Å². The maximum atomic E-state index is 12.4. The molecule has 1 aromatic heterocycles. The molecule has 1 rings (SSSR count). The standard InChI is InChI=1S/C15H25N3O/c1-6-18(10-11(2)3)15(19)13-8-7-9-14(17-13)16-12(4)5/h7-9,11-12H,6,10H2,1-5H3,(H,16,17). The van der Waals surface area contributed by atoms with Gasteiger partial charge in [-0.2, -0.15) is 0 Å². The van der Waals surface area contributed by atoms with Crippen molar-refractivity contribution in [3.63, 3.8) is 0 Å². The van der Waals surface area contributed by atoms with Crippen LogP contribution in [0.25, 0.3) is 0 Å². The minimum atomic E-state index is 0.00334. The first-order valence-electron chi connectivity index (χ1n) is 6.96. The van der Waals surface area contributed by atoms with Gasteiger partial charge in [0.15, 0.2) is 0 Å². The molecule has 1 heterocycles. The largest absolute Gasteiger partial charge is 0.368 e. The van der Waals surface area contributed by atoms with Crippen molar-refractivity contribution in [1.29, 1.82) is 0 Å². The van der Waals surface area contributed by atoms with Crippen molar-refractivity contribution in [1.82, 2.24) is 9.88 Å². The summed E-state index contributed by atoms with van der Waals surface area (Å²) in [6.07, 6.45) is 0. The topological polar surface area (TPSA) is 45.2 Å². The van der Waals surface area contributed by atoms with Crippen LogP contribution in [0.4, 0.5) is 5.82 Å². The Morgan fingerprint density at radius 3 is 2.53 bits per heavy atom. The van der Waals surface area contributed by atoms with Crippen LogP contribution in [0, 0.1) is 5.92 Å². The summed E-state index contributed by atoms with van der Waals surface area (Å²) in [5.74, 6) is 1.21. The molecule has 1 aromatic rings. The number of nitrogens with one attached hydrogen (secondary N) is 1. The summed E-state index contributed by atoms with van der Waals surface area (Å²) in [5, 5.41) is 3.22. The fourth-order valence-electron chi connectivity index (χ4n) is 1.89. The summed E-state index contributed by atoms with van der Waals surface area (Å²) >= 11 is 0. The molecule has 4 nitrogen and oxygen atoms in total. The van der Waals surface area contributed by atoms with Gasteiger partial charge in [0.25, 0.3) is 5.91 Å². The van der Waals surface area contributed by atoms with Crippen LogP contribution in [0.3, 0.4) is 0 Å². The number of anilines is 1. The Morgan fingerprint density at radius 1 is 1.32 bits per heavy atom. The van der Waals surface area contributed by atoms with E-state index in [9.17, 15) is 4.79 Å². The third kappa shape index (κ3) is 4.89. The Morgan fingerprint density at radius 2 is 2.00 bits per heavy atom. The van der Waals surface area contributed by atoms with Gasteiger partial charge in [0.1, 0.15) is 11.5 Å². The summed E-state index contributed by atoms with van der Waals surface area (Å²) in [6.45, 7) is 11.8. The van der Waals surface area contributed by atoms with Gasteiger partial charge in [-0.25, -0.2) is 4.98 Å². The molecule has 0 bridgehead atoms. The van der Waals surface area contributed by atoms with Crippen LogP contribution in [-0.2, 0) is 0 Å². The van der Waals surface area contributed by atoms with Gasteiger partial charge in [-0.05, 0) is 38.8 Å². The number of pyridine rings is 1. The van der Waals surface area contributed by atoms with Gasteiger partial charge in [0.2, 0.25) is 0 Å². The molecular weight excluding hydrogens is 238 g/mol. The Kier molecular flexibility index (Phi) is 5.80. The van der Waals surface area contributed by atoms with Crippen LogP contribution in [0.5, 0.6) is 0 Å². The van der Waals surface area contributed by atoms with Gasteiger partial charge < -0.3 is 10.2 Å². The molecule has 19 heavy (non-hydrogen) atoms. The van der Waals surface area contributed by atoms with Crippen LogP contribution < -0.4 is 5.32 Å². The first-order chi connectivity index (χ1) is 8.93. The predicted octanol–water partition coefficient (Wildman–Crippen LogP) is 3.02. The lowest BCUT2D eigenvalue weighted by molar-refractivity contribution is 0.0740. The van der Waals surface area contributed by atoms with Crippen molar-refractivity contribution < 1.29 is 4.79 Å². The molecule has 0 aliphatic rings. The molecule has 0 aliphatic carbocycles. The summed E-state index contributed by atoms with van der Waals surface area (Å²) in [6, 6.07) is 5.83. The second-order valence-electron chi connectivity index (χ2n) is 5.44. The lowest BCUT2D eigenvalue weighted by Crippen LogP contribution is -2.34. The van der Waals surface area contributed by atoms with E-state index in [0.717, 1.165) is 12.4 Å². The van der Waals surface area contributed by atoms with Crippen LogP contribution in [0.1, 0.15) is 45.1 Å². The van der Waals surface area contributed by atoms with E-state index in [4.69, 9.17) is 0 Å². The minimum Gasteiger partial charge on any atom is -0.368 e. The molecule has 1 N–H and O–H groups in total. The fourth-order valence-corrected chi connectivity index (χ4v) is 1.89. The number of nitrogens with zero attached hydrogens (tertiary/aromatic N) is 2. The van der Waals surface area contributed by atoms with Gasteiger partial charge in [-0.1, -0.05) is 19.9 Å². The zero-order valence-corrected chi connectivity index (χ0v) is 12.6. The maximum Gasteiger partial charge on any atom is 0.272 e. The lowest BCUT2D eigenvalue weighted by atomic mass is 10.2. The Labute approximate surface area is 116 Å². The second kappa shape index (κ2) is 7.12. The average molecular weight is 263 g/mol. The number of amides is 1. The number of rotatable bonds is 6. The van der Waals surface area contributed by atoms with Gasteiger partial charge >= 0.3 is 0 Å². The third-order valence-electron chi connectivity index (χ3n) is 2.66. The van der Waals surface area contributed by atoms with Crippen molar-refractivity contribution >= 4 is 11.7 Å². The Bertz CT molecular complexity index is 416. The smallest absolute Gasteiger partial charge is 0.272 e. The zero-order valence-electron chi connectivity index (χ0n) is 12.6. The monoisotopic (exact) mass is 263 g/mol. The molecule has 1 amide bonds. The van der Waals surface area contributed by atoms with E-state index in [0.29, 0.717) is 24.2 Å². The van der Waals surface area contributed by atoms with Gasteiger partial charge in [-0.15, -0.1) is 0 Å². The quantitative estimate of drug-likeness (QED) is 0.858. The highest BCUT2D eigenvalue weighted by molar-refractivity contribution is 5.92. The molecule has 0 unspecified atom stereocenters. The van der Waals surface area contributed by atoms with E-state index >= 15 is 0 Å². The van der Waals surface area contributed by atoms with Crippen LogP contribution in [0.15, 0.2) is 18.2 Å². The Hall–Kier alpha value is -1.58. The SMILES string of the molecule is CCN(CC(C)C)C(=O)c1cccc(NC(C)C)n1. The van der Waals surface area contributed by atoms with Crippen molar-refractivity contribution in [2.75, 3.05) is 18.4 Å². The molecule has 0 aliphatic heterocycles. The highest BCUT2D eigenvalue weighted by Crippen LogP contribution is 2.10. The molecule has 0 saturated heterocycles. The number of hydrogen-bond donors (Lipinski definition) is 1.